The van der Waals surface area contributed by atoms with Crippen LogP contribution in [0.2, 0.25) is 0 Å². The van der Waals surface area contributed by atoms with Crippen LogP contribution in [0.25, 0.3) is 0 Å². The van der Waals surface area contributed by atoms with Crippen LogP contribution >= 0.6 is 0 Å². The highest BCUT2D eigenvalue weighted by Crippen LogP contribution is 2.18. The molecule has 0 aliphatic carbocycles. The summed E-state index contributed by atoms with van der Waals surface area (Å²) in [6.45, 7) is 32.1. The molecule has 0 aromatic heterocycles. The number of carbonyl (C=O) groups is 17. The SMILES string of the molecule is CC(=O)C[C@@H](CCC(=O)NCCOCCOCC(=O)CCCOCCOCC(=O)C(C)(C)C)C(=O)O.CC(=O)C[C@@H](CCC(=O)NCCOCCOCC(=O)CCCOCCOCC(=O)C(C)C)C(=O)O.CC(=O)C[C@@H](CCC(=O)NCCOCCOCC(=O)CCCOCCOCC(=O)C(C)C)C(=O)O.CCC(=O)CCCOCCC(=O)C(C)(C)C. The number of ketones is 11. The number of carbonyl (C=O) groups excluding carboxylic acids is 14. The molecule has 706 valence electrons. The van der Waals surface area contributed by atoms with Gasteiger partial charge in [-0.2, -0.15) is 0 Å². The first-order valence-electron chi connectivity index (χ1n) is 42.2. The number of nitrogens with one attached hydrogen (secondary N) is 3. The molecule has 0 rings (SSSR count). The highest BCUT2D eigenvalue weighted by Gasteiger charge is 2.25. The van der Waals surface area contributed by atoms with Crippen LogP contribution in [-0.4, -0.2) is 306 Å². The molecule has 0 aliphatic heterocycles. The van der Waals surface area contributed by atoms with Crippen LogP contribution in [0.4, 0.5) is 0 Å². The third-order valence-electron chi connectivity index (χ3n) is 17.1. The average Bonchev–Trinajstić information content (AvgIpc) is 0.913. The molecule has 0 unspecified atom stereocenters. The molecule has 0 saturated heterocycles. The number of carboxylic acids is 3. The van der Waals surface area contributed by atoms with Crippen molar-refractivity contribution < 1.29 is 158 Å². The molecule has 0 bridgehead atoms. The van der Waals surface area contributed by atoms with E-state index in [1.807, 2.05) is 76.2 Å². The molecule has 3 atom stereocenters. The molecule has 0 saturated carbocycles. The van der Waals surface area contributed by atoms with E-state index in [-0.39, 0.29) is 275 Å². The molecule has 122 heavy (non-hydrogen) atoms. The number of hydrogen-bond donors (Lipinski definition) is 6. The van der Waals surface area contributed by atoms with Gasteiger partial charge < -0.3 is 107 Å². The summed E-state index contributed by atoms with van der Waals surface area (Å²) in [7, 11) is 0. The van der Waals surface area contributed by atoms with Gasteiger partial charge in [0, 0.05) is 146 Å². The van der Waals surface area contributed by atoms with Crippen LogP contribution in [0.3, 0.4) is 0 Å². The first-order valence-corrected chi connectivity index (χ1v) is 42.2. The summed E-state index contributed by atoms with van der Waals surface area (Å²) in [6, 6.07) is 0. The fourth-order valence-electron chi connectivity index (χ4n) is 9.41. The number of hydrogen-bond acceptors (Lipinski definition) is 30. The van der Waals surface area contributed by atoms with Gasteiger partial charge in [-0.15, -0.1) is 0 Å². The maximum Gasteiger partial charge on any atom is 0.306 e. The van der Waals surface area contributed by atoms with Crippen molar-refractivity contribution in [2.24, 2.45) is 40.4 Å². The summed E-state index contributed by atoms with van der Waals surface area (Å²) >= 11 is 0. The quantitative estimate of drug-likeness (QED) is 0.0342. The lowest BCUT2D eigenvalue weighted by Crippen LogP contribution is -2.29. The van der Waals surface area contributed by atoms with E-state index in [2.05, 4.69) is 16.0 Å². The predicted octanol–water partition coefficient (Wildman–Crippen LogP) is 6.77. The summed E-state index contributed by atoms with van der Waals surface area (Å²) in [5, 5.41) is 35.0. The first-order chi connectivity index (χ1) is 57.6. The van der Waals surface area contributed by atoms with E-state index in [1.54, 1.807) is 0 Å². The molecule has 0 spiro atoms. The summed E-state index contributed by atoms with van der Waals surface area (Å²) in [6.07, 6.45) is 5.27. The van der Waals surface area contributed by atoms with Crippen molar-refractivity contribution in [1.82, 2.24) is 16.0 Å². The molecule has 36 heteroatoms. The minimum Gasteiger partial charge on any atom is -0.481 e. The maximum absolute atomic E-state index is 11.8. The van der Waals surface area contributed by atoms with Crippen LogP contribution in [-0.2, 0) is 143 Å². The van der Waals surface area contributed by atoms with E-state index in [9.17, 15) is 81.5 Å². The van der Waals surface area contributed by atoms with Gasteiger partial charge in [0.1, 0.15) is 68.6 Å². The molecule has 0 radical (unpaired) electrons. The van der Waals surface area contributed by atoms with Crippen LogP contribution in [0, 0.1) is 40.4 Å². The van der Waals surface area contributed by atoms with E-state index in [0.717, 1.165) is 6.42 Å². The molecule has 0 fully saturated rings. The largest absolute Gasteiger partial charge is 0.481 e. The van der Waals surface area contributed by atoms with Crippen molar-refractivity contribution in [1.29, 1.82) is 0 Å². The number of aliphatic carboxylic acids is 3. The summed E-state index contributed by atoms with van der Waals surface area (Å²) in [5.41, 5.74) is -0.691. The van der Waals surface area contributed by atoms with Crippen LogP contribution in [0.5, 0.6) is 0 Å². The van der Waals surface area contributed by atoms with Gasteiger partial charge in [0.25, 0.3) is 0 Å². The van der Waals surface area contributed by atoms with Gasteiger partial charge >= 0.3 is 17.9 Å². The lowest BCUT2D eigenvalue weighted by molar-refractivity contribution is -0.144. The smallest absolute Gasteiger partial charge is 0.306 e. The van der Waals surface area contributed by atoms with E-state index < -0.39 is 41.1 Å². The number of carboxylic acid groups (broad SMARTS) is 3. The maximum atomic E-state index is 11.8. The van der Waals surface area contributed by atoms with Crippen LogP contribution < -0.4 is 16.0 Å². The zero-order chi connectivity index (χ0) is 93.0. The van der Waals surface area contributed by atoms with E-state index in [0.29, 0.717) is 130 Å². The van der Waals surface area contributed by atoms with Gasteiger partial charge in [0.05, 0.1) is 123 Å². The molecular weight excluding hydrogens is 1600 g/mol. The fourth-order valence-corrected chi connectivity index (χ4v) is 9.41. The predicted molar refractivity (Wildman–Crippen MR) is 447 cm³/mol. The first kappa shape index (κ1) is 121. The second-order valence-electron chi connectivity index (χ2n) is 31.4. The van der Waals surface area contributed by atoms with E-state index in [4.69, 9.17) is 76.9 Å². The number of Topliss-reactive ketones (excluding diaryl/α,β-unsaturated/α-hetero) is 11. The number of amides is 3. The summed E-state index contributed by atoms with van der Waals surface area (Å²) < 4.78 is 68.8. The van der Waals surface area contributed by atoms with Gasteiger partial charge in [-0.3, -0.25) is 67.1 Å². The van der Waals surface area contributed by atoms with Crippen LogP contribution in [0.15, 0.2) is 0 Å². The summed E-state index contributed by atoms with van der Waals surface area (Å²) in [4.78, 5) is 194. The molecule has 6 N–H and O–H groups in total. The molecule has 3 amide bonds. The molecule has 0 heterocycles. The van der Waals surface area contributed by atoms with E-state index >= 15 is 0 Å². The third-order valence-corrected chi connectivity index (χ3v) is 17.1. The lowest BCUT2D eigenvalue weighted by atomic mass is 9.89. The van der Waals surface area contributed by atoms with E-state index in [1.165, 1.54) is 20.8 Å². The Kier molecular flexibility index (Phi) is 78.9. The zero-order valence-corrected chi connectivity index (χ0v) is 75.4. The molecule has 0 aromatic rings. The highest BCUT2D eigenvalue weighted by molar-refractivity contribution is 5.87. The molecular formula is C86H149N3O33. The van der Waals surface area contributed by atoms with Crippen molar-refractivity contribution in [3.63, 3.8) is 0 Å². The minimum atomic E-state index is -1.08. The highest BCUT2D eigenvalue weighted by atomic mass is 16.6. The zero-order valence-electron chi connectivity index (χ0n) is 75.4. The Labute approximate surface area is 721 Å². The lowest BCUT2D eigenvalue weighted by Gasteiger charge is -2.16. The van der Waals surface area contributed by atoms with Gasteiger partial charge in [-0.05, 0) is 65.7 Å². The molecule has 0 aliphatic rings. The number of ether oxygens (including phenoxy) is 13. The van der Waals surface area contributed by atoms with Crippen molar-refractivity contribution in [3.05, 3.63) is 0 Å². The molecule has 0 aromatic carbocycles. The van der Waals surface area contributed by atoms with Crippen LogP contribution in [0.1, 0.15) is 219 Å². The van der Waals surface area contributed by atoms with Crippen molar-refractivity contribution in [2.45, 2.75) is 219 Å². The topological polar surface area (TPSA) is 507 Å². The molecule has 36 nitrogen and oxygen atoms in total. The second-order valence-corrected chi connectivity index (χ2v) is 31.4. The van der Waals surface area contributed by atoms with Gasteiger partial charge in [0.2, 0.25) is 17.7 Å². The van der Waals surface area contributed by atoms with Gasteiger partial charge in [-0.1, -0.05) is 76.2 Å². The monoisotopic (exact) mass is 1750 g/mol. The minimum absolute atomic E-state index is 0.00841. The third kappa shape index (κ3) is 84.9. The van der Waals surface area contributed by atoms with Gasteiger partial charge in [-0.25, -0.2) is 0 Å². The van der Waals surface area contributed by atoms with Crippen molar-refractivity contribution >= 4 is 99.2 Å². The second kappa shape index (κ2) is 79.6. The van der Waals surface area contributed by atoms with Crippen molar-refractivity contribution in [3.8, 4) is 0 Å². The Hall–Kier alpha value is -7.33. The Balaban J connectivity index is -0.000000785. The standard InChI is InChI=1S/C25H43NO10.2C24H41NO10.C13H24O3/c1-19(27)16-20(24(31)32)7-8-23(30)26-9-11-34-13-14-35-17-21(28)6-5-10-33-12-15-36-18-22(29)25(2,3)4;2*1-18(2)22(28)17-35-14-11-32-9-4-5-21(27)16-34-13-12-33-10-8-25-23(29)7-6-20(24(30)31)15-19(3)26;1-5-11(14)7-6-9-16-10-8-12(15)13(2,3)4/h20H,5-18H2,1-4H3,(H,26,30)(H,31,32);2*18,20H,4-17H2,1-3H3,(H,25,29)(H,30,31);5-10H2,1-4H3/t3*20-;/m111./s1. The summed E-state index contributed by atoms with van der Waals surface area (Å²) in [5.74, 6) is -6.95. The van der Waals surface area contributed by atoms with Crippen molar-refractivity contribution in [2.75, 3.05) is 191 Å². The number of rotatable bonds is 79. The Morgan fingerprint density at radius 3 is 0.762 bits per heavy atom. The Bertz CT molecular complexity index is 2850. The normalized spacial score (nSPS) is 11.9. The Morgan fingerprint density at radius 1 is 0.279 bits per heavy atom. The fraction of sp³-hybridized carbons (Fsp3) is 0.802. The average molecular weight is 1750 g/mol. The Morgan fingerprint density at radius 2 is 0.516 bits per heavy atom. The van der Waals surface area contributed by atoms with Gasteiger partial charge in [0.15, 0.2) is 34.7 Å².